The van der Waals surface area contributed by atoms with Crippen LogP contribution < -0.4 is 5.32 Å². The fourth-order valence-corrected chi connectivity index (χ4v) is 2.06. The van der Waals surface area contributed by atoms with Crippen molar-refractivity contribution in [3.05, 3.63) is 0 Å². The van der Waals surface area contributed by atoms with Crippen LogP contribution in [-0.4, -0.2) is 35.9 Å². The van der Waals surface area contributed by atoms with Crippen LogP contribution in [0.15, 0.2) is 0 Å². The van der Waals surface area contributed by atoms with Crippen LogP contribution in [0.4, 0.5) is 0 Å². The summed E-state index contributed by atoms with van der Waals surface area (Å²) < 4.78 is 5.41. The van der Waals surface area contributed by atoms with Crippen LogP contribution >= 0.6 is 0 Å². The summed E-state index contributed by atoms with van der Waals surface area (Å²) in [5, 5.41) is 12.9. The summed E-state index contributed by atoms with van der Waals surface area (Å²) in [6.07, 6.45) is 4.19. The summed E-state index contributed by atoms with van der Waals surface area (Å²) in [5.41, 5.74) is -0.809. The van der Waals surface area contributed by atoms with Gasteiger partial charge in [-0.05, 0) is 38.5 Å². The first-order valence-electron chi connectivity index (χ1n) is 7.00. The third kappa shape index (κ3) is 6.36. The summed E-state index contributed by atoms with van der Waals surface area (Å²) in [5.74, 6) is 0.547. The molecular formula is C14H27NO3. The highest BCUT2D eigenvalue weighted by molar-refractivity contribution is 5.76. The molecular weight excluding hydrogens is 230 g/mol. The Labute approximate surface area is 110 Å². The minimum atomic E-state index is -0.809. The molecule has 2 N–H and O–H groups in total. The predicted octanol–water partition coefficient (Wildman–Crippen LogP) is 1.86. The summed E-state index contributed by atoms with van der Waals surface area (Å²) in [6, 6.07) is 0. The van der Waals surface area contributed by atoms with Crippen LogP contribution in [0.2, 0.25) is 0 Å². The molecule has 0 bridgehead atoms. The van der Waals surface area contributed by atoms with E-state index in [0.29, 0.717) is 25.3 Å². The van der Waals surface area contributed by atoms with Gasteiger partial charge in [-0.15, -0.1) is 0 Å². The number of rotatable bonds is 7. The van der Waals surface area contributed by atoms with Crippen LogP contribution in [0.5, 0.6) is 0 Å². The van der Waals surface area contributed by atoms with Gasteiger partial charge in [-0.3, -0.25) is 4.79 Å². The number of hydrogen-bond acceptors (Lipinski definition) is 3. The molecule has 4 nitrogen and oxygen atoms in total. The number of ether oxygens (including phenoxy) is 1. The molecule has 0 aromatic carbocycles. The lowest BCUT2D eigenvalue weighted by molar-refractivity contribution is -0.124. The monoisotopic (exact) mass is 257 g/mol. The van der Waals surface area contributed by atoms with Crippen LogP contribution in [0.1, 0.15) is 52.9 Å². The smallest absolute Gasteiger partial charge is 0.222 e. The maximum absolute atomic E-state index is 11.7. The topological polar surface area (TPSA) is 58.6 Å². The maximum Gasteiger partial charge on any atom is 0.222 e. The van der Waals surface area contributed by atoms with Gasteiger partial charge in [0, 0.05) is 13.2 Å². The van der Waals surface area contributed by atoms with E-state index in [2.05, 4.69) is 19.2 Å². The summed E-state index contributed by atoms with van der Waals surface area (Å²) >= 11 is 0. The lowest BCUT2D eigenvalue weighted by atomic mass is 9.95. The highest BCUT2D eigenvalue weighted by Crippen LogP contribution is 2.17. The normalized spacial score (nSPS) is 23.1. The molecule has 0 saturated carbocycles. The first-order valence-corrected chi connectivity index (χ1v) is 7.00. The number of amides is 1. The van der Waals surface area contributed by atoms with Crippen LogP contribution in [0, 0.1) is 5.92 Å². The van der Waals surface area contributed by atoms with E-state index in [1.54, 1.807) is 6.92 Å². The molecule has 18 heavy (non-hydrogen) atoms. The Morgan fingerprint density at radius 1 is 1.56 bits per heavy atom. The minimum Gasteiger partial charge on any atom is -0.388 e. The number of nitrogens with one attached hydrogen (secondary N) is 1. The maximum atomic E-state index is 11.7. The average molecular weight is 257 g/mol. The van der Waals surface area contributed by atoms with Crippen molar-refractivity contribution in [3.63, 3.8) is 0 Å². The molecule has 1 saturated heterocycles. The molecule has 1 aliphatic rings. The van der Waals surface area contributed by atoms with E-state index in [9.17, 15) is 9.90 Å². The molecule has 0 aliphatic carbocycles. The first-order chi connectivity index (χ1) is 8.39. The van der Waals surface area contributed by atoms with Gasteiger partial charge in [-0.25, -0.2) is 0 Å². The minimum absolute atomic E-state index is 0.0216. The van der Waals surface area contributed by atoms with Crippen LogP contribution in [0.3, 0.4) is 0 Å². The second-order valence-corrected chi connectivity index (χ2v) is 6.05. The van der Waals surface area contributed by atoms with E-state index >= 15 is 0 Å². The molecule has 1 heterocycles. The first kappa shape index (κ1) is 15.4. The standard InChI is InChI=1S/C14H27NO3/c1-11(2)6-7-14(3,17)10-15-13(16)9-12-5-4-8-18-12/h11-12,17H,4-10H2,1-3H3,(H,15,16). The highest BCUT2D eigenvalue weighted by atomic mass is 16.5. The Hall–Kier alpha value is -0.610. The lowest BCUT2D eigenvalue weighted by Gasteiger charge is -2.24. The molecule has 1 fully saturated rings. The van der Waals surface area contributed by atoms with Crippen LogP contribution in [0.25, 0.3) is 0 Å². The summed E-state index contributed by atoms with van der Waals surface area (Å²) in [6.45, 7) is 7.13. The molecule has 106 valence electrons. The Balaban J connectivity index is 2.19. The number of carbonyl (C=O) groups is 1. The average Bonchev–Trinajstić information content (AvgIpc) is 2.77. The van der Waals surface area contributed by atoms with E-state index in [-0.39, 0.29) is 12.0 Å². The second-order valence-electron chi connectivity index (χ2n) is 6.05. The zero-order valence-electron chi connectivity index (χ0n) is 11.9. The lowest BCUT2D eigenvalue weighted by Crippen LogP contribution is -2.41. The Bertz CT molecular complexity index is 258. The SMILES string of the molecule is CC(C)CCC(C)(O)CNC(=O)CC1CCCO1. The molecule has 1 rings (SSSR count). The largest absolute Gasteiger partial charge is 0.388 e. The van der Waals surface area contributed by atoms with Gasteiger partial charge in [0.05, 0.1) is 18.1 Å². The molecule has 2 atom stereocenters. The zero-order chi connectivity index (χ0) is 13.6. The molecule has 1 amide bonds. The molecule has 0 spiro atoms. The molecule has 2 unspecified atom stereocenters. The van der Waals surface area contributed by atoms with Gasteiger partial charge in [-0.2, -0.15) is 0 Å². The predicted molar refractivity (Wildman–Crippen MR) is 71.3 cm³/mol. The summed E-state index contributed by atoms with van der Waals surface area (Å²) in [4.78, 5) is 11.7. The van der Waals surface area contributed by atoms with Crippen molar-refractivity contribution in [1.29, 1.82) is 0 Å². The van der Waals surface area contributed by atoms with Gasteiger partial charge < -0.3 is 15.2 Å². The molecule has 0 radical (unpaired) electrons. The van der Waals surface area contributed by atoms with Crippen LogP contribution in [-0.2, 0) is 9.53 Å². The highest BCUT2D eigenvalue weighted by Gasteiger charge is 2.23. The van der Waals surface area contributed by atoms with Crippen molar-refractivity contribution >= 4 is 5.91 Å². The fourth-order valence-electron chi connectivity index (χ4n) is 2.06. The Kier molecular flexibility index (Phi) is 6.09. The van der Waals surface area contributed by atoms with Gasteiger partial charge in [-0.1, -0.05) is 13.8 Å². The van der Waals surface area contributed by atoms with Gasteiger partial charge in [0.25, 0.3) is 0 Å². The third-order valence-electron chi connectivity index (χ3n) is 3.36. The van der Waals surface area contributed by atoms with Crippen molar-refractivity contribution in [3.8, 4) is 0 Å². The van der Waals surface area contributed by atoms with E-state index < -0.39 is 5.60 Å². The molecule has 0 aromatic heterocycles. The Morgan fingerprint density at radius 3 is 2.83 bits per heavy atom. The van der Waals surface area contributed by atoms with E-state index in [0.717, 1.165) is 25.9 Å². The number of carbonyl (C=O) groups excluding carboxylic acids is 1. The van der Waals surface area contributed by atoms with E-state index in [1.165, 1.54) is 0 Å². The van der Waals surface area contributed by atoms with Crippen molar-refractivity contribution in [1.82, 2.24) is 5.32 Å². The van der Waals surface area contributed by atoms with Crippen molar-refractivity contribution in [2.75, 3.05) is 13.2 Å². The quantitative estimate of drug-likeness (QED) is 0.732. The molecule has 0 aromatic rings. The third-order valence-corrected chi connectivity index (χ3v) is 3.36. The van der Waals surface area contributed by atoms with Crippen molar-refractivity contribution in [2.24, 2.45) is 5.92 Å². The zero-order valence-corrected chi connectivity index (χ0v) is 11.9. The summed E-state index contributed by atoms with van der Waals surface area (Å²) in [7, 11) is 0. The van der Waals surface area contributed by atoms with Crippen molar-refractivity contribution in [2.45, 2.75) is 64.6 Å². The van der Waals surface area contributed by atoms with Gasteiger partial charge in [0.1, 0.15) is 0 Å². The van der Waals surface area contributed by atoms with E-state index in [4.69, 9.17) is 4.74 Å². The molecule has 1 aliphatic heterocycles. The Morgan fingerprint density at radius 2 is 2.28 bits per heavy atom. The van der Waals surface area contributed by atoms with Gasteiger partial charge >= 0.3 is 0 Å². The number of aliphatic hydroxyl groups is 1. The van der Waals surface area contributed by atoms with Gasteiger partial charge in [0.2, 0.25) is 5.91 Å². The molecule has 4 heteroatoms. The second kappa shape index (κ2) is 7.10. The number of hydrogen-bond donors (Lipinski definition) is 2. The van der Waals surface area contributed by atoms with Crippen molar-refractivity contribution < 1.29 is 14.6 Å². The fraction of sp³-hybridized carbons (Fsp3) is 0.929. The van der Waals surface area contributed by atoms with E-state index in [1.807, 2.05) is 0 Å². The van der Waals surface area contributed by atoms with Gasteiger partial charge in [0.15, 0.2) is 0 Å².